The van der Waals surface area contributed by atoms with Gasteiger partial charge in [0.25, 0.3) is 5.56 Å². The van der Waals surface area contributed by atoms with Crippen molar-refractivity contribution < 1.29 is 8.91 Å². The molecule has 3 aromatic heterocycles. The maximum Gasteiger partial charge on any atom is 0.268 e. The maximum atomic E-state index is 13.2. The smallest absolute Gasteiger partial charge is 0.268 e. The first-order valence-corrected chi connectivity index (χ1v) is 10.7. The average molecular weight is 425 g/mol. The quantitative estimate of drug-likeness (QED) is 0.534. The van der Waals surface area contributed by atoms with Gasteiger partial charge < -0.3 is 9.51 Å². The minimum absolute atomic E-state index is 0.144. The minimum Gasteiger partial charge on any atom is -0.339 e. The zero-order valence-corrected chi connectivity index (χ0v) is 17.2. The molecule has 7 nitrogen and oxygen atoms in total. The third kappa shape index (κ3) is 3.78. The lowest BCUT2D eigenvalue weighted by Gasteiger charge is -2.30. The van der Waals surface area contributed by atoms with Gasteiger partial charge in [-0.15, -0.1) is 11.3 Å². The number of aromatic nitrogens is 4. The van der Waals surface area contributed by atoms with Gasteiger partial charge in [-0.25, -0.2) is 9.37 Å². The zero-order valence-electron chi connectivity index (χ0n) is 16.4. The molecule has 1 atom stereocenters. The Morgan fingerprint density at radius 2 is 2.13 bits per heavy atom. The Kier molecular flexibility index (Phi) is 4.92. The van der Waals surface area contributed by atoms with E-state index >= 15 is 0 Å². The second-order valence-electron chi connectivity index (χ2n) is 7.60. The van der Waals surface area contributed by atoms with Crippen LogP contribution in [0.25, 0.3) is 20.7 Å². The lowest BCUT2D eigenvalue weighted by Crippen LogP contribution is -2.35. The first kappa shape index (κ1) is 19.1. The Morgan fingerprint density at radius 3 is 2.90 bits per heavy atom. The van der Waals surface area contributed by atoms with Crippen LogP contribution in [0.15, 0.2) is 39.6 Å². The van der Waals surface area contributed by atoms with Gasteiger partial charge in [-0.3, -0.25) is 9.69 Å². The van der Waals surface area contributed by atoms with Crippen LogP contribution in [0.4, 0.5) is 4.39 Å². The standard InChI is InChI=1S/C21H20FN5O2S/c1-12-23-21(29-26-12)14-3-2-8-27(10-14)11-18-24-16-9-17(30-19(16)20(28)25-18)13-4-6-15(22)7-5-13/h4-7,9,14H,2-3,8,10-11H2,1H3,(H,24,25,28). The molecule has 0 bridgehead atoms. The average Bonchev–Trinajstić information content (AvgIpc) is 3.35. The molecule has 1 aliphatic rings. The number of thiophene rings is 1. The van der Waals surface area contributed by atoms with E-state index in [0.29, 0.717) is 34.3 Å². The molecule has 0 amide bonds. The lowest BCUT2D eigenvalue weighted by atomic mass is 9.98. The minimum atomic E-state index is -0.284. The first-order valence-electron chi connectivity index (χ1n) is 9.86. The molecular weight excluding hydrogens is 405 g/mol. The van der Waals surface area contributed by atoms with Crippen LogP contribution >= 0.6 is 11.3 Å². The lowest BCUT2D eigenvalue weighted by molar-refractivity contribution is 0.176. The number of likely N-dealkylation sites (tertiary alicyclic amines) is 1. The number of fused-ring (bicyclic) bond motifs is 1. The summed E-state index contributed by atoms with van der Waals surface area (Å²) >= 11 is 1.37. The highest BCUT2D eigenvalue weighted by atomic mass is 32.1. The van der Waals surface area contributed by atoms with Crippen LogP contribution in [0.1, 0.15) is 36.3 Å². The van der Waals surface area contributed by atoms with Crippen molar-refractivity contribution >= 4 is 21.6 Å². The third-order valence-electron chi connectivity index (χ3n) is 5.33. The molecule has 9 heteroatoms. The molecule has 0 spiro atoms. The summed E-state index contributed by atoms with van der Waals surface area (Å²) in [5.74, 6) is 1.87. The van der Waals surface area contributed by atoms with Crippen molar-refractivity contribution in [3.63, 3.8) is 0 Å². The van der Waals surface area contributed by atoms with Gasteiger partial charge in [0.1, 0.15) is 16.3 Å². The first-order chi connectivity index (χ1) is 14.5. The molecule has 1 N–H and O–H groups in total. The van der Waals surface area contributed by atoms with Crippen molar-refractivity contribution in [1.82, 2.24) is 25.0 Å². The highest BCUT2D eigenvalue weighted by Gasteiger charge is 2.26. The van der Waals surface area contributed by atoms with Crippen LogP contribution < -0.4 is 5.56 Å². The Bertz CT molecular complexity index is 1250. The second kappa shape index (κ2) is 7.73. The van der Waals surface area contributed by atoms with Crippen molar-refractivity contribution in [2.45, 2.75) is 32.2 Å². The van der Waals surface area contributed by atoms with Gasteiger partial charge in [-0.2, -0.15) is 4.98 Å². The number of nitrogens with one attached hydrogen (secondary N) is 1. The van der Waals surface area contributed by atoms with Crippen LogP contribution in [0.3, 0.4) is 0 Å². The molecule has 30 heavy (non-hydrogen) atoms. The molecular formula is C21H20FN5O2S. The van der Waals surface area contributed by atoms with E-state index in [4.69, 9.17) is 4.52 Å². The number of aryl methyl sites for hydroxylation is 1. The van der Waals surface area contributed by atoms with Crippen LogP contribution in [0.5, 0.6) is 0 Å². The predicted molar refractivity (Wildman–Crippen MR) is 112 cm³/mol. The number of hydrogen-bond donors (Lipinski definition) is 1. The topological polar surface area (TPSA) is 87.9 Å². The van der Waals surface area contributed by atoms with Crippen LogP contribution in [0, 0.1) is 12.7 Å². The summed E-state index contributed by atoms with van der Waals surface area (Å²) < 4.78 is 19.1. The number of piperidine rings is 1. The molecule has 0 aliphatic carbocycles. The summed E-state index contributed by atoms with van der Waals surface area (Å²) in [5.41, 5.74) is 1.39. The number of aromatic amines is 1. The molecule has 154 valence electrons. The fourth-order valence-electron chi connectivity index (χ4n) is 3.91. The number of rotatable bonds is 4. The summed E-state index contributed by atoms with van der Waals surface area (Å²) in [4.78, 5) is 27.8. The predicted octanol–water partition coefficient (Wildman–Crippen LogP) is 3.86. The number of halogens is 1. The van der Waals surface area contributed by atoms with Gasteiger partial charge >= 0.3 is 0 Å². The third-order valence-corrected chi connectivity index (χ3v) is 6.50. The second-order valence-corrected chi connectivity index (χ2v) is 8.65. The highest BCUT2D eigenvalue weighted by molar-refractivity contribution is 7.22. The van der Waals surface area contributed by atoms with Gasteiger partial charge in [0, 0.05) is 11.4 Å². The van der Waals surface area contributed by atoms with Crippen molar-refractivity contribution in [2.75, 3.05) is 13.1 Å². The molecule has 1 unspecified atom stereocenters. The van der Waals surface area contributed by atoms with E-state index in [1.54, 1.807) is 12.1 Å². The normalized spacial score (nSPS) is 17.6. The van der Waals surface area contributed by atoms with Gasteiger partial charge in [0.15, 0.2) is 5.82 Å². The Hall–Kier alpha value is -2.91. The molecule has 1 aliphatic heterocycles. The number of H-pyrrole nitrogens is 1. The van der Waals surface area contributed by atoms with Gasteiger partial charge in [-0.1, -0.05) is 17.3 Å². The summed E-state index contributed by atoms with van der Waals surface area (Å²) in [6, 6.07) is 8.15. The van der Waals surface area contributed by atoms with Gasteiger partial charge in [-0.05, 0) is 50.1 Å². The van der Waals surface area contributed by atoms with Crippen LogP contribution in [-0.2, 0) is 6.54 Å². The van der Waals surface area contributed by atoms with E-state index in [9.17, 15) is 9.18 Å². The van der Waals surface area contributed by atoms with E-state index in [-0.39, 0.29) is 17.3 Å². The number of nitrogens with zero attached hydrogens (tertiary/aromatic N) is 4. The van der Waals surface area contributed by atoms with Crippen molar-refractivity contribution in [3.8, 4) is 10.4 Å². The molecule has 4 aromatic rings. The highest BCUT2D eigenvalue weighted by Crippen LogP contribution is 2.31. The van der Waals surface area contributed by atoms with E-state index in [1.807, 2.05) is 13.0 Å². The summed E-state index contributed by atoms with van der Waals surface area (Å²) in [6.07, 6.45) is 2.03. The van der Waals surface area contributed by atoms with E-state index in [1.165, 1.54) is 23.5 Å². The largest absolute Gasteiger partial charge is 0.339 e. The monoisotopic (exact) mass is 425 g/mol. The molecule has 1 fully saturated rings. The zero-order chi connectivity index (χ0) is 20.7. The Balaban J connectivity index is 1.38. The molecule has 0 saturated carbocycles. The molecule has 5 rings (SSSR count). The van der Waals surface area contributed by atoms with Gasteiger partial charge in [0.05, 0.1) is 18.0 Å². The molecule has 1 aromatic carbocycles. The van der Waals surface area contributed by atoms with Crippen molar-refractivity contribution in [3.05, 3.63) is 64.0 Å². The van der Waals surface area contributed by atoms with Gasteiger partial charge in [0.2, 0.25) is 5.89 Å². The fraction of sp³-hybridized carbons (Fsp3) is 0.333. The van der Waals surface area contributed by atoms with Crippen molar-refractivity contribution in [1.29, 1.82) is 0 Å². The van der Waals surface area contributed by atoms with E-state index in [2.05, 4.69) is 25.0 Å². The molecule has 4 heterocycles. The van der Waals surface area contributed by atoms with E-state index < -0.39 is 0 Å². The molecule has 1 saturated heterocycles. The van der Waals surface area contributed by atoms with Crippen LogP contribution in [-0.4, -0.2) is 38.1 Å². The SMILES string of the molecule is Cc1noc(C2CCCN(Cc3nc4cc(-c5ccc(F)cc5)sc4c(=O)[nH]3)C2)n1. The summed E-state index contributed by atoms with van der Waals surface area (Å²) in [7, 11) is 0. The van der Waals surface area contributed by atoms with Crippen LogP contribution in [0.2, 0.25) is 0 Å². The Labute approximate surface area is 175 Å². The number of benzene rings is 1. The summed E-state index contributed by atoms with van der Waals surface area (Å²) in [5, 5.41) is 3.89. The number of hydrogen-bond acceptors (Lipinski definition) is 7. The maximum absolute atomic E-state index is 13.2. The fourth-order valence-corrected chi connectivity index (χ4v) is 4.91. The summed E-state index contributed by atoms with van der Waals surface area (Å²) in [6.45, 7) is 4.08. The Morgan fingerprint density at radius 1 is 1.30 bits per heavy atom. The van der Waals surface area contributed by atoms with E-state index in [0.717, 1.165) is 36.4 Å². The molecule has 0 radical (unpaired) electrons. The van der Waals surface area contributed by atoms with Crippen molar-refractivity contribution in [2.24, 2.45) is 0 Å².